The van der Waals surface area contributed by atoms with E-state index >= 15 is 0 Å². The van der Waals surface area contributed by atoms with E-state index in [0.717, 1.165) is 12.1 Å². The third-order valence-corrected chi connectivity index (χ3v) is 3.47. The number of likely N-dealkylation sites (N-methyl/N-ethyl adjacent to an activating group) is 1. The summed E-state index contributed by atoms with van der Waals surface area (Å²) in [4.78, 5) is 17.0. The second-order valence-electron chi connectivity index (χ2n) is 4.41. The molecule has 0 aliphatic heterocycles. The first-order valence-electron chi connectivity index (χ1n) is 6.07. The average molecular weight is 251 g/mol. The molecule has 0 bridgehead atoms. The van der Waals surface area contributed by atoms with Gasteiger partial charge in [0.1, 0.15) is 0 Å². The van der Waals surface area contributed by atoms with Crippen molar-refractivity contribution >= 4 is 5.91 Å². The van der Waals surface area contributed by atoms with Gasteiger partial charge in [0.25, 0.3) is 0 Å². The molecule has 5 heteroatoms. The molecular formula is C13H21N3O2. The lowest BCUT2D eigenvalue weighted by atomic mass is 9.85. The van der Waals surface area contributed by atoms with E-state index in [-0.39, 0.29) is 18.9 Å². The zero-order valence-corrected chi connectivity index (χ0v) is 11.0. The Kier molecular flexibility index (Phi) is 5.25. The largest absolute Gasteiger partial charge is 0.394 e. The number of carbonyl (C=O) groups is 1. The van der Waals surface area contributed by atoms with Crippen molar-refractivity contribution in [1.82, 2.24) is 9.88 Å². The summed E-state index contributed by atoms with van der Waals surface area (Å²) in [5.74, 6) is -0.355. The van der Waals surface area contributed by atoms with Gasteiger partial charge in [-0.15, -0.1) is 0 Å². The molecule has 0 saturated heterocycles. The van der Waals surface area contributed by atoms with Crippen molar-refractivity contribution in [2.45, 2.75) is 25.3 Å². The predicted octanol–water partition coefficient (Wildman–Crippen LogP) is 0.486. The summed E-state index contributed by atoms with van der Waals surface area (Å²) in [5, 5.41) is 9.83. The Morgan fingerprint density at radius 1 is 1.50 bits per heavy atom. The quantitative estimate of drug-likeness (QED) is 0.739. The van der Waals surface area contributed by atoms with E-state index < -0.39 is 5.54 Å². The number of aliphatic hydroxyl groups excluding tert-OH is 1. The van der Waals surface area contributed by atoms with Crippen LogP contribution >= 0.6 is 0 Å². The smallest absolute Gasteiger partial charge is 0.217 e. The topological polar surface area (TPSA) is 79.5 Å². The Morgan fingerprint density at radius 2 is 2.11 bits per heavy atom. The number of aromatic nitrogens is 1. The van der Waals surface area contributed by atoms with E-state index in [1.165, 1.54) is 0 Å². The second-order valence-corrected chi connectivity index (χ2v) is 4.41. The summed E-state index contributed by atoms with van der Waals surface area (Å²) in [6, 6.07) is 3.73. The molecule has 0 aliphatic rings. The van der Waals surface area contributed by atoms with E-state index in [2.05, 4.69) is 4.98 Å². The SMILES string of the molecule is CCN(C)C(CO)(CCC(N)=O)c1ccncc1. The van der Waals surface area contributed by atoms with Crippen LogP contribution in [0.4, 0.5) is 0 Å². The minimum atomic E-state index is -0.577. The van der Waals surface area contributed by atoms with Crippen LogP contribution in [0.3, 0.4) is 0 Å². The maximum absolute atomic E-state index is 11.0. The Morgan fingerprint density at radius 3 is 2.56 bits per heavy atom. The number of primary amides is 1. The molecule has 3 N–H and O–H groups in total. The molecule has 0 aliphatic carbocycles. The molecule has 0 radical (unpaired) electrons. The Bertz CT molecular complexity index is 383. The number of rotatable bonds is 7. The van der Waals surface area contributed by atoms with Gasteiger partial charge in [-0.25, -0.2) is 0 Å². The van der Waals surface area contributed by atoms with Gasteiger partial charge in [0.2, 0.25) is 5.91 Å². The van der Waals surface area contributed by atoms with Crippen molar-refractivity contribution in [1.29, 1.82) is 0 Å². The first-order chi connectivity index (χ1) is 8.56. The maximum Gasteiger partial charge on any atom is 0.217 e. The van der Waals surface area contributed by atoms with Crippen LogP contribution in [0.2, 0.25) is 0 Å². The fraction of sp³-hybridized carbons (Fsp3) is 0.538. The summed E-state index contributed by atoms with van der Waals surface area (Å²) in [6.07, 6.45) is 4.11. The molecule has 0 fully saturated rings. The van der Waals surface area contributed by atoms with Gasteiger partial charge < -0.3 is 10.8 Å². The predicted molar refractivity (Wildman–Crippen MR) is 69.7 cm³/mol. The van der Waals surface area contributed by atoms with Gasteiger partial charge in [-0.05, 0) is 37.7 Å². The number of hydrogen-bond acceptors (Lipinski definition) is 4. The minimum absolute atomic E-state index is 0.0609. The van der Waals surface area contributed by atoms with Gasteiger partial charge in [0.15, 0.2) is 0 Å². The van der Waals surface area contributed by atoms with Crippen LogP contribution in [0.15, 0.2) is 24.5 Å². The van der Waals surface area contributed by atoms with Crippen LogP contribution in [0.25, 0.3) is 0 Å². The number of aliphatic hydroxyl groups is 1. The first kappa shape index (κ1) is 14.6. The highest BCUT2D eigenvalue weighted by molar-refractivity contribution is 5.73. The second kappa shape index (κ2) is 6.47. The van der Waals surface area contributed by atoms with Crippen LogP contribution in [0.5, 0.6) is 0 Å². The van der Waals surface area contributed by atoms with Gasteiger partial charge in [-0.2, -0.15) is 0 Å². The van der Waals surface area contributed by atoms with Crippen LogP contribution < -0.4 is 5.73 Å². The zero-order chi connectivity index (χ0) is 13.6. The van der Waals surface area contributed by atoms with E-state index in [9.17, 15) is 9.90 Å². The summed E-state index contributed by atoms with van der Waals surface area (Å²) in [7, 11) is 1.93. The third-order valence-electron chi connectivity index (χ3n) is 3.47. The van der Waals surface area contributed by atoms with Gasteiger partial charge in [-0.1, -0.05) is 6.92 Å². The van der Waals surface area contributed by atoms with Crippen molar-refractivity contribution in [3.05, 3.63) is 30.1 Å². The highest BCUT2D eigenvalue weighted by Gasteiger charge is 2.35. The number of carbonyl (C=O) groups excluding carboxylic acids is 1. The Balaban J connectivity index is 3.09. The average Bonchev–Trinajstić information content (AvgIpc) is 2.40. The maximum atomic E-state index is 11.0. The Labute approximate surface area is 108 Å². The minimum Gasteiger partial charge on any atom is -0.394 e. The van der Waals surface area contributed by atoms with Gasteiger partial charge >= 0.3 is 0 Å². The summed E-state index contributed by atoms with van der Waals surface area (Å²) in [6.45, 7) is 2.71. The molecular weight excluding hydrogens is 230 g/mol. The van der Waals surface area contributed by atoms with Crippen LogP contribution in [-0.4, -0.2) is 41.1 Å². The van der Waals surface area contributed by atoms with Gasteiger partial charge in [-0.3, -0.25) is 14.7 Å². The molecule has 5 nitrogen and oxygen atoms in total. The lowest BCUT2D eigenvalue weighted by Gasteiger charge is -2.40. The van der Waals surface area contributed by atoms with Crippen molar-refractivity contribution in [3.8, 4) is 0 Å². The number of hydrogen-bond donors (Lipinski definition) is 2. The highest BCUT2D eigenvalue weighted by atomic mass is 16.3. The number of pyridine rings is 1. The van der Waals surface area contributed by atoms with Crippen LogP contribution in [0.1, 0.15) is 25.3 Å². The summed E-state index contributed by atoms with van der Waals surface area (Å²) in [5.41, 5.74) is 5.60. The van der Waals surface area contributed by atoms with E-state index in [1.54, 1.807) is 12.4 Å². The fourth-order valence-corrected chi connectivity index (χ4v) is 2.14. The third kappa shape index (κ3) is 3.05. The number of amides is 1. The summed E-state index contributed by atoms with van der Waals surface area (Å²) >= 11 is 0. The first-order valence-corrected chi connectivity index (χ1v) is 6.07. The van der Waals surface area contributed by atoms with Gasteiger partial charge in [0, 0.05) is 18.8 Å². The van der Waals surface area contributed by atoms with Crippen molar-refractivity contribution < 1.29 is 9.90 Å². The van der Waals surface area contributed by atoms with Crippen molar-refractivity contribution in [2.75, 3.05) is 20.2 Å². The van der Waals surface area contributed by atoms with E-state index in [4.69, 9.17) is 5.73 Å². The van der Waals surface area contributed by atoms with E-state index in [0.29, 0.717) is 6.42 Å². The lowest BCUT2D eigenvalue weighted by Crippen LogP contribution is -2.47. The van der Waals surface area contributed by atoms with Gasteiger partial charge in [0.05, 0.1) is 12.1 Å². The molecule has 0 spiro atoms. The van der Waals surface area contributed by atoms with Crippen molar-refractivity contribution in [3.63, 3.8) is 0 Å². The molecule has 1 aromatic rings. The molecule has 0 saturated carbocycles. The zero-order valence-electron chi connectivity index (χ0n) is 11.0. The highest BCUT2D eigenvalue weighted by Crippen LogP contribution is 2.31. The molecule has 0 aromatic carbocycles. The molecule has 1 amide bonds. The lowest BCUT2D eigenvalue weighted by molar-refractivity contribution is -0.119. The molecule has 1 heterocycles. The van der Waals surface area contributed by atoms with Crippen molar-refractivity contribution in [2.24, 2.45) is 5.73 Å². The molecule has 18 heavy (non-hydrogen) atoms. The molecule has 1 unspecified atom stereocenters. The standard InChI is InChI=1S/C13H21N3O2/c1-3-16(2)13(10-17,7-4-12(14)18)11-5-8-15-9-6-11/h5-6,8-9,17H,3-4,7,10H2,1-2H3,(H2,14,18). The summed E-state index contributed by atoms with van der Waals surface area (Å²) < 4.78 is 0. The van der Waals surface area contributed by atoms with Crippen LogP contribution in [0, 0.1) is 0 Å². The molecule has 1 aromatic heterocycles. The van der Waals surface area contributed by atoms with E-state index in [1.807, 2.05) is 31.0 Å². The van der Waals surface area contributed by atoms with Crippen LogP contribution in [-0.2, 0) is 10.3 Å². The number of nitrogens with zero attached hydrogens (tertiary/aromatic N) is 2. The Hall–Kier alpha value is -1.46. The molecule has 1 rings (SSSR count). The monoisotopic (exact) mass is 251 g/mol. The number of nitrogens with two attached hydrogens (primary N) is 1. The normalized spacial score (nSPS) is 14.4. The fourth-order valence-electron chi connectivity index (χ4n) is 2.14. The molecule has 100 valence electrons. The molecule has 1 atom stereocenters.